The van der Waals surface area contributed by atoms with Crippen LogP contribution in [0.4, 0.5) is 0 Å². The zero-order chi connectivity index (χ0) is 14.0. The Labute approximate surface area is 146 Å². The minimum Gasteiger partial charge on any atom is -0.547 e. The third kappa shape index (κ3) is 3.94. The third-order valence-electron chi connectivity index (χ3n) is 2.22. The molecule has 0 aliphatic rings. The van der Waals surface area contributed by atoms with Crippen molar-refractivity contribution in [2.45, 2.75) is 6.10 Å². The topological polar surface area (TPSA) is 88.3 Å². The average Bonchev–Trinajstić information content (AvgIpc) is 2.77. The number of methoxy groups -OCH3 is 1. The smallest absolute Gasteiger partial charge is 0.547 e. The van der Waals surface area contributed by atoms with E-state index in [1.54, 1.807) is 18.2 Å². The van der Waals surface area contributed by atoms with E-state index >= 15 is 0 Å². The number of nitrogens with zero attached hydrogens (tertiary/aromatic N) is 2. The molecule has 6 nitrogen and oxygen atoms in total. The first kappa shape index (κ1) is 17.4. The largest absolute Gasteiger partial charge is 1.00 e. The van der Waals surface area contributed by atoms with Crippen molar-refractivity contribution in [3.05, 3.63) is 34.1 Å². The SMILES string of the molecule is COC(C(=O)[O-])c1nnc(-c2cc(Cl)cc(Cl)c2)o1.[Na+]. The maximum Gasteiger partial charge on any atom is 1.00 e. The molecule has 2 aromatic rings. The number of carbonyl (C=O) groups excluding carboxylic acids is 1. The van der Waals surface area contributed by atoms with Gasteiger partial charge in [-0.15, -0.1) is 10.2 Å². The van der Waals surface area contributed by atoms with E-state index in [-0.39, 0.29) is 41.3 Å². The van der Waals surface area contributed by atoms with E-state index in [1.165, 1.54) is 7.11 Å². The second kappa shape index (κ2) is 7.40. The quantitative estimate of drug-likeness (QED) is 0.635. The zero-order valence-corrected chi connectivity index (χ0v) is 14.1. The van der Waals surface area contributed by atoms with Crippen LogP contribution in [0.5, 0.6) is 0 Å². The van der Waals surface area contributed by atoms with E-state index in [0.717, 1.165) is 0 Å². The average molecular weight is 325 g/mol. The first-order valence-electron chi connectivity index (χ1n) is 5.05. The molecule has 0 saturated heterocycles. The van der Waals surface area contributed by atoms with Gasteiger partial charge in [-0.1, -0.05) is 23.2 Å². The molecule has 0 saturated carbocycles. The molecule has 1 aromatic heterocycles. The van der Waals surface area contributed by atoms with E-state index < -0.39 is 12.1 Å². The molecule has 1 heterocycles. The number of rotatable bonds is 4. The van der Waals surface area contributed by atoms with Crippen LogP contribution in [0.15, 0.2) is 22.6 Å². The standard InChI is InChI=1S/C11H8Cl2N2O4.Na/c1-18-8(11(16)17)10-15-14-9(19-10)5-2-6(12)4-7(13)3-5;/h2-4,8H,1H3,(H,16,17);/q;+1/p-1. The molecule has 1 aromatic carbocycles. The number of hydrogen-bond acceptors (Lipinski definition) is 6. The van der Waals surface area contributed by atoms with Gasteiger partial charge in [0.25, 0.3) is 5.89 Å². The van der Waals surface area contributed by atoms with Gasteiger partial charge in [0.05, 0.1) is 5.97 Å². The van der Waals surface area contributed by atoms with Crippen molar-refractivity contribution in [1.82, 2.24) is 10.2 Å². The molecule has 0 N–H and O–H groups in total. The predicted molar refractivity (Wildman–Crippen MR) is 64.5 cm³/mol. The van der Waals surface area contributed by atoms with Gasteiger partial charge < -0.3 is 19.1 Å². The van der Waals surface area contributed by atoms with Crippen molar-refractivity contribution in [3.63, 3.8) is 0 Å². The normalized spacial score (nSPS) is 11.8. The number of aromatic nitrogens is 2. The molecule has 0 amide bonds. The predicted octanol–water partition coefficient (Wildman–Crippen LogP) is -1.52. The molecule has 0 bridgehead atoms. The van der Waals surface area contributed by atoms with Crippen molar-refractivity contribution < 1.29 is 48.6 Å². The van der Waals surface area contributed by atoms with Crippen molar-refractivity contribution in [2.24, 2.45) is 0 Å². The molecule has 20 heavy (non-hydrogen) atoms. The fraction of sp³-hybridized carbons (Fsp3) is 0.182. The summed E-state index contributed by atoms with van der Waals surface area (Å²) in [6, 6.07) is 4.67. The maximum absolute atomic E-state index is 10.8. The van der Waals surface area contributed by atoms with E-state index in [2.05, 4.69) is 14.9 Å². The summed E-state index contributed by atoms with van der Waals surface area (Å²) >= 11 is 11.7. The van der Waals surface area contributed by atoms with Gasteiger partial charge in [-0.25, -0.2) is 0 Å². The molecule has 0 aliphatic heterocycles. The zero-order valence-electron chi connectivity index (χ0n) is 10.6. The number of ether oxygens (including phenoxy) is 1. The second-order valence-electron chi connectivity index (χ2n) is 3.54. The van der Waals surface area contributed by atoms with E-state index in [4.69, 9.17) is 27.6 Å². The molecular weight excluding hydrogens is 318 g/mol. The Morgan fingerprint density at radius 3 is 2.40 bits per heavy atom. The van der Waals surface area contributed by atoms with Gasteiger partial charge in [-0.05, 0) is 18.2 Å². The summed E-state index contributed by atoms with van der Waals surface area (Å²) in [6.07, 6.45) is -1.42. The number of carboxylic acid groups (broad SMARTS) is 1. The molecule has 100 valence electrons. The van der Waals surface area contributed by atoms with E-state index in [1.807, 2.05) is 0 Å². The van der Waals surface area contributed by atoms with Crippen molar-refractivity contribution in [2.75, 3.05) is 7.11 Å². The van der Waals surface area contributed by atoms with Gasteiger partial charge in [0.15, 0.2) is 6.10 Å². The Morgan fingerprint density at radius 2 is 1.90 bits per heavy atom. The molecule has 0 fully saturated rings. The summed E-state index contributed by atoms with van der Waals surface area (Å²) in [4.78, 5) is 10.8. The number of aliphatic carboxylic acids is 1. The van der Waals surface area contributed by atoms with Crippen LogP contribution in [0, 0.1) is 0 Å². The number of hydrogen-bond donors (Lipinski definition) is 0. The van der Waals surface area contributed by atoms with Crippen LogP contribution in [0.1, 0.15) is 12.0 Å². The van der Waals surface area contributed by atoms with Crippen LogP contribution in [0.25, 0.3) is 11.5 Å². The van der Waals surface area contributed by atoms with Gasteiger partial charge in [0.1, 0.15) is 0 Å². The summed E-state index contributed by atoms with van der Waals surface area (Å²) in [7, 11) is 1.20. The van der Waals surface area contributed by atoms with Gasteiger partial charge in [0, 0.05) is 22.7 Å². The number of halogens is 2. The maximum atomic E-state index is 10.8. The number of carboxylic acids is 1. The third-order valence-corrected chi connectivity index (χ3v) is 2.66. The Morgan fingerprint density at radius 1 is 1.30 bits per heavy atom. The van der Waals surface area contributed by atoms with Crippen molar-refractivity contribution in [1.29, 1.82) is 0 Å². The molecule has 0 radical (unpaired) electrons. The summed E-state index contributed by atoms with van der Waals surface area (Å²) in [5, 5.41) is 18.9. The summed E-state index contributed by atoms with van der Waals surface area (Å²) < 4.78 is 9.89. The molecule has 1 unspecified atom stereocenters. The Balaban J connectivity index is 0.00000200. The van der Waals surface area contributed by atoms with Gasteiger partial charge >= 0.3 is 29.6 Å². The van der Waals surface area contributed by atoms with Crippen LogP contribution in [0.3, 0.4) is 0 Å². The van der Waals surface area contributed by atoms with E-state index in [9.17, 15) is 9.90 Å². The summed E-state index contributed by atoms with van der Waals surface area (Å²) in [5.41, 5.74) is 0.476. The van der Waals surface area contributed by atoms with Crippen LogP contribution < -0.4 is 34.7 Å². The number of benzene rings is 1. The fourth-order valence-corrected chi connectivity index (χ4v) is 1.96. The molecule has 0 spiro atoms. The van der Waals surface area contributed by atoms with Crippen LogP contribution in [-0.4, -0.2) is 23.3 Å². The summed E-state index contributed by atoms with van der Waals surface area (Å²) in [6.45, 7) is 0. The minimum atomic E-state index is -1.47. The Kier molecular flexibility index (Phi) is 6.44. The van der Waals surface area contributed by atoms with Gasteiger partial charge in [0.2, 0.25) is 5.89 Å². The van der Waals surface area contributed by atoms with Crippen molar-refractivity contribution >= 4 is 29.2 Å². The minimum absolute atomic E-state index is 0. The monoisotopic (exact) mass is 324 g/mol. The second-order valence-corrected chi connectivity index (χ2v) is 4.41. The van der Waals surface area contributed by atoms with Crippen molar-refractivity contribution in [3.8, 4) is 11.5 Å². The fourth-order valence-electron chi connectivity index (χ4n) is 1.43. The first-order valence-corrected chi connectivity index (χ1v) is 5.80. The Bertz CT molecular complexity index is 600. The van der Waals surface area contributed by atoms with Gasteiger partial charge in [-0.3, -0.25) is 0 Å². The van der Waals surface area contributed by atoms with E-state index in [0.29, 0.717) is 15.6 Å². The number of carbonyl (C=O) groups is 1. The summed E-state index contributed by atoms with van der Waals surface area (Å²) in [5.74, 6) is -1.60. The van der Waals surface area contributed by atoms with Crippen LogP contribution in [0.2, 0.25) is 10.0 Å². The molecule has 1 atom stereocenters. The molecule has 9 heteroatoms. The van der Waals surface area contributed by atoms with Crippen LogP contribution >= 0.6 is 23.2 Å². The Hall–Kier alpha value is -0.630. The first-order chi connectivity index (χ1) is 9.01. The molecule has 0 aliphatic carbocycles. The molecular formula is C11H7Cl2N2NaO4. The van der Waals surface area contributed by atoms with Gasteiger partial charge in [-0.2, -0.15) is 0 Å². The molecule has 2 rings (SSSR count). The van der Waals surface area contributed by atoms with Crippen LogP contribution in [-0.2, 0) is 9.53 Å².